The summed E-state index contributed by atoms with van der Waals surface area (Å²) in [6.07, 6.45) is 0. The lowest BCUT2D eigenvalue weighted by atomic mass is 10.6. The second-order valence-electron chi connectivity index (χ2n) is 2.63. The van der Waals surface area contributed by atoms with Gasteiger partial charge in [0.15, 0.2) is 10.8 Å². The number of nitrogens with one attached hydrogen (secondary N) is 1. The predicted molar refractivity (Wildman–Crippen MR) is 51.0 cm³/mol. The summed E-state index contributed by atoms with van der Waals surface area (Å²) in [6.45, 7) is 0. The minimum absolute atomic E-state index is 0.106. The van der Waals surface area contributed by atoms with Crippen molar-refractivity contribution in [2.24, 2.45) is 0 Å². The van der Waals surface area contributed by atoms with Gasteiger partial charge < -0.3 is 4.74 Å². The lowest BCUT2D eigenvalue weighted by molar-refractivity contribution is 0.364. The number of nitrogens with zero attached hydrogens (tertiary/aromatic N) is 3. The molecule has 0 aliphatic carbocycles. The first-order chi connectivity index (χ1) is 7.54. The number of hydrogen-bond acceptors (Lipinski definition) is 5. The van der Waals surface area contributed by atoms with E-state index in [4.69, 9.17) is 16.3 Å². The number of aromatic nitrogens is 4. The van der Waals surface area contributed by atoms with Gasteiger partial charge in [-0.05, 0) is 0 Å². The second-order valence-corrected chi connectivity index (χ2v) is 3.84. The highest BCUT2D eigenvalue weighted by Crippen LogP contribution is 2.19. The van der Waals surface area contributed by atoms with E-state index in [1.54, 1.807) is 0 Å². The molecule has 10 heteroatoms. The first-order valence-corrected chi connectivity index (χ1v) is 5.30. The van der Waals surface area contributed by atoms with Crippen molar-refractivity contribution in [3.05, 3.63) is 15.7 Å². The Morgan fingerprint density at radius 2 is 2.19 bits per heavy atom. The van der Waals surface area contributed by atoms with Crippen LogP contribution < -0.4 is 4.74 Å². The normalized spacial score (nSPS) is 10.7. The van der Waals surface area contributed by atoms with E-state index in [0.717, 1.165) is 4.52 Å². The molecule has 0 atom stereocenters. The maximum Gasteiger partial charge on any atom is 0.319 e. The molecule has 0 aliphatic heterocycles. The quantitative estimate of drug-likeness (QED) is 0.591. The molecule has 0 saturated carbocycles. The highest BCUT2D eigenvalue weighted by Gasteiger charge is 2.15. The SMILES string of the molecule is COc1nc(Cl)c(F)c2nc(=S(=O)=O)[nH]n12. The molecule has 0 fully saturated rings. The summed E-state index contributed by atoms with van der Waals surface area (Å²) in [5, 5.41) is 1.84. The Morgan fingerprint density at radius 1 is 1.50 bits per heavy atom. The minimum Gasteiger partial charge on any atom is -0.467 e. The molecule has 0 aliphatic rings. The van der Waals surface area contributed by atoms with Crippen LogP contribution in [0.25, 0.3) is 5.65 Å². The van der Waals surface area contributed by atoms with Gasteiger partial charge in [-0.15, -0.1) is 0 Å². The standard InChI is InChI=1S/C6H4ClFN4O3S/c1-15-6-9-3(7)2(8)4-10-5(16(13)14)11-12(4)6/h11H,1H3. The predicted octanol–water partition coefficient (Wildman–Crippen LogP) is 0.270. The zero-order valence-corrected chi connectivity index (χ0v) is 9.30. The van der Waals surface area contributed by atoms with Crippen molar-refractivity contribution in [3.8, 4) is 6.01 Å². The van der Waals surface area contributed by atoms with Gasteiger partial charge in [-0.2, -0.15) is 27.3 Å². The van der Waals surface area contributed by atoms with Crippen LogP contribution in [0.4, 0.5) is 4.39 Å². The Morgan fingerprint density at radius 3 is 2.75 bits per heavy atom. The topological polar surface area (TPSA) is 89.3 Å². The molecule has 7 nitrogen and oxygen atoms in total. The molecule has 16 heavy (non-hydrogen) atoms. The maximum atomic E-state index is 13.4. The molecular weight excluding hydrogens is 263 g/mol. The lowest BCUT2D eigenvalue weighted by Gasteiger charge is -2.02. The van der Waals surface area contributed by atoms with Crippen LogP contribution in [0.3, 0.4) is 0 Å². The number of aromatic amines is 1. The first-order valence-electron chi connectivity index (χ1n) is 3.84. The summed E-state index contributed by atoms with van der Waals surface area (Å²) in [6, 6.07) is -0.106. The van der Waals surface area contributed by atoms with Crippen LogP contribution in [0.15, 0.2) is 0 Å². The van der Waals surface area contributed by atoms with E-state index in [0.29, 0.717) is 0 Å². The number of methoxy groups -OCH3 is 1. The van der Waals surface area contributed by atoms with Gasteiger partial charge in [0.2, 0.25) is 5.82 Å². The Balaban J connectivity index is 3.07. The van der Waals surface area contributed by atoms with Crippen LogP contribution in [0.5, 0.6) is 6.01 Å². The van der Waals surface area contributed by atoms with E-state index in [9.17, 15) is 12.8 Å². The first kappa shape index (κ1) is 10.9. The van der Waals surface area contributed by atoms with Gasteiger partial charge in [0.05, 0.1) is 7.11 Å². The average Bonchev–Trinajstić information content (AvgIpc) is 2.68. The molecule has 0 spiro atoms. The third-order valence-electron chi connectivity index (χ3n) is 1.73. The number of fused-ring (bicyclic) bond motifs is 1. The van der Waals surface area contributed by atoms with Gasteiger partial charge in [-0.25, -0.2) is 0 Å². The van der Waals surface area contributed by atoms with Crippen LogP contribution in [0.2, 0.25) is 5.15 Å². The third-order valence-corrected chi connectivity index (χ3v) is 2.48. The fourth-order valence-electron chi connectivity index (χ4n) is 1.09. The van der Waals surface area contributed by atoms with Gasteiger partial charge in [0, 0.05) is 0 Å². The molecule has 2 aromatic rings. The molecule has 2 aromatic heterocycles. The molecule has 2 heterocycles. The lowest BCUT2D eigenvalue weighted by Crippen LogP contribution is -2.02. The second kappa shape index (κ2) is 3.76. The maximum absolute atomic E-state index is 13.4. The van der Waals surface area contributed by atoms with Crippen molar-refractivity contribution in [1.29, 1.82) is 0 Å². The van der Waals surface area contributed by atoms with Gasteiger partial charge in [0.25, 0.3) is 15.1 Å². The molecule has 1 N–H and O–H groups in total. The van der Waals surface area contributed by atoms with Gasteiger partial charge >= 0.3 is 6.01 Å². The Hall–Kier alpha value is -1.61. The summed E-state index contributed by atoms with van der Waals surface area (Å²) >= 11 is 5.47. The monoisotopic (exact) mass is 266 g/mol. The molecular formula is C6H4ClFN4O3S. The van der Waals surface area contributed by atoms with E-state index in [-0.39, 0.29) is 11.7 Å². The molecule has 0 radical (unpaired) electrons. The number of H-pyrrole nitrogens is 1. The van der Waals surface area contributed by atoms with E-state index >= 15 is 0 Å². The molecule has 0 unspecified atom stereocenters. The fraction of sp³-hybridized carbons (Fsp3) is 0.167. The molecule has 0 amide bonds. The molecule has 86 valence electrons. The van der Waals surface area contributed by atoms with Crippen LogP contribution >= 0.6 is 11.6 Å². The number of hydrogen-bond donors (Lipinski definition) is 1. The van der Waals surface area contributed by atoms with Crippen molar-refractivity contribution in [2.75, 3.05) is 7.11 Å². The highest BCUT2D eigenvalue weighted by atomic mass is 35.5. The molecule has 0 bridgehead atoms. The Kier molecular flexibility index (Phi) is 2.56. The molecule has 0 aromatic carbocycles. The Bertz CT molecular complexity index is 726. The van der Waals surface area contributed by atoms with Crippen LogP contribution in [0, 0.1) is 10.6 Å². The summed E-state index contributed by atoms with van der Waals surface area (Å²) in [4.78, 5) is 7.05. The van der Waals surface area contributed by atoms with Crippen LogP contribution in [0.1, 0.15) is 0 Å². The van der Waals surface area contributed by atoms with Crippen LogP contribution in [-0.4, -0.2) is 35.1 Å². The summed E-state index contributed by atoms with van der Waals surface area (Å²) in [5.41, 5.74) is -0.309. The highest BCUT2D eigenvalue weighted by molar-refractivity contribution is 7.63. The number of rotatable bonds is 1. The largest absolute Gasteiger partial charge is 0.467 e. The summed E-state index contributed by atoms with van der Waals surface area (Å²) in [7, 11) is -1.34. The zero-order valence-electron chi connectivity index (χ0n) is 7.73. The van der Waals surface area contributed by atoms with E-state index in [1.807, 2.05) is 0 Å². The van der Waals surface area contributed by atoms with E-state index < -0.39 is 26.0 Å². The number of halogens is 2. The van der Waals surface area contributed by atoms with Gasteiger partial charge in [0.1, 0.15) is 0 Å². The van der Waals surface area contributed by atoms with Crippen molar-refractivity contribution in [1.82, 2.24) is 19.6 Å². The number of ether oxygens (including phenoxy) is 1. The van der Waals surface area contributed by atoms with Crippen molar-refractivity contribution < 1.29 is 17.5 Å². The van der Waals surface area contributed by atoms with E-state index in [1.165, 1.54) is 7.11 Å². The van der Waals surface area contributed by atoms with Crippen molar-refractivity contribution in [3.63, 3.8) is 0 Å². The summed E-state index contributed by atoms with van der Waals surface area (Å²) < 4.78 is 40.0. The summed E-state index contributed by atoms with van der Waals surface area (Å²) in [5.74, 6) is -0.935. The van der Waals surface area contributed by atoms with Crippen LogP contribution in [-0.2, 0) is 10.3 Å². The average molecular weight is 267 g/mol. The van der Waals surface area contributed by atoms with Gasteiger partial charge in [-0.3, -0.25) is 5.10 Å². The van der Waals surface area contributed by atoms with E-state index in [2.05, 4.69) is 15.1 Å². The zero-order chi connectivity index (χ0) is 11.9. The minimum atomic E-state index is -2.62. The fourth-order valence-corrected chi connectivity index (χ4v) is 1.58. The Labute approximate surface area is 94.0 Å². The third kappa shape index (κ3) is 1.53. The smallest absolute Gasteiger partial charge is 0.319 e. The molecule has 0 saturated heterocycles. The molecule has 2 rings (SSSR count). The van der Waals surface area contributed by atoms with Gasteiger partial charge in [-0.1, -0.05) is 11.6 Å². The van der Waals surface area contributed by atoms with Crippen molar-refractivity contribution >= 4 is 27.5 Å². The van der Waals surface area contributed by atoms with Crippen molar-refractivity contribution in [2.45, 2.75) is 0 Å².